The third-order valence-corrected chi connectivity index (χ3v) is 6.79. The molecule has 0 aliphatic carbocycles. The molecule has 1 atom stereocenters. The van der Waals surface area contributed by atoms with E-state index < -0.39 is 0 Å². The van der Waals surface area contributed by atoms with Gasteiger partial charge in [0.1, 0.15) is 11.6 Å². The Hall–Kier alpha value is -2.54. The summed E-state index contributed by atoms with van der Waals surface area (Å²) in [5, 5.41) is 0. The lowest BCUT2D eigenvalue weighted by Gasteiger charge is -2.35. The lowest BCUT2D eigenvalue weighted by atomic mass is 9.96. The van der Waals surface area contributed by atoms with Crippen molar-refractivity contribution in [3.63, 3.8) is 0 Å². The maximum Gasteiger partial charge on any atom is 0.236 e. The number of amides is 1. The van der Waals surface area contributed by atoms with Gasteiger partial charge in [-0.3, -0.25) is 14.7 Å². The quantitative estimate of drug-likeness (QED) is 0.664. The van der Waals surface area contributed by atoms with Crippen molar-refractivity contribution in [2.75, 3.05) is 44.2 Å². The van der Waals surface area contributed by atoms with Crippen LogP contribution in [0.2, 0.25) is 0 Å². The van der Waals surface area contributed by atoms with Gasteiger partial charge >= 0.3 is 0 Å². The van der Waals surface area contributed by atoms with Crippen molar-refractivity contribution in [2.45, 2.75) is 58.9 Å². The summed E-state index contributed by atoms with van der Waals surface area (Å²) < 4.78 is 0. The minimum Gasteiger partial charge on any atom is -0.350 e. The average Bonchev–Trinajstić information content (AvgIpc) is 2.81. The molecule has 172 valence electrons. The van der Waals surface area contributed by atoms with Gasteiger partial charge in [-0.1, -0.05) is 6.07 Å². The maximum atomic E-state index is 12.6. The Labute approximate surface area is 191 Å². The number of rotatable bonds is 7. The molecule has 0 unspecified atom stereocenters. The summed E-state index contributed by atoms with van der Waals surface area (Å²) in [5.41, 5.74) is 3.45. The number of hydrogen-bond acceptors (Lipinski definition) is 6. The Morgan fingerprint density at radius 2 is 2.00 bits per heavy atom. The molecule has 0 radical (unpaired) electrons. The molecule has 0 aromatic carbocycles. The van der Waals surface area contributed by atoms with Crippen LogP contribution in [0.3, 0.4) is 0 Å². The first-order valence-corrected chi connectivity index (χ1v) is 12.1. The molecule has 7 nitrogen and oxygen atoms in total. The van der Waals surface area contributed by atoms with Crippen molar-refractivity contribution in [1.82, 2.24) is 24.8 Å². The first kappa shape index (κ1) is 22.6. The Morgan fingerprint density at radius 3 is 2.75 bits per heavy atom. The molecular formula is C25H36N6O. The van der Waals surface area contributed by atoms with Crippen LogP contribution in [0, 0.1) is 6.92 Å². The monoisotopic (exact) mass is 436 g/mol. The van der Waals surface area contributed by atoms with Gasteiger partial charge in [-0.15, -0.1) is 0 Å². The van der Waals surface area contributed by atoms with Gasteiger partial charge in [0.25, 0.3) is 0 Å². The minimum atomic E-state index is 0.222. The number of pyridine rings is 1. The Morgan fingerprint density at radius 1 is 1.16 bits per heavy atom. The van der Waals surface area contributed by atoms with Gasteiger partial charge in [-0.2, -0.15) is 0 Å². The summed E-state index contributed by atoms with van der Waals surface area (Å²) in [6.07, 6.45) is 6.16. The molecule has 0 bridgehead atoms. The van der Waals surface area contributed by atoms with Crippen LogP contribution in [0.1, 0.15) is 61.8 Å². The molecule has 2 aromatic rings. The fraction of sp³-hybridized carbons (Fsp3) is 0.600. The number of fused-ring (bicyclic) bond motifs is 1. The molecular weight excluding hydrogens is 400 g/mol. The smallest absolute Gasteiger partial charge is 0.236 e. The number of hydrogen-bond donors (Lipinski definition) is 0. The van der Waals surface area contributed by atoms with Crippen LogP contribution in [-0.2, 0) is 17.8 Å². The Balaban J connectivity index is 1.52. The van der Waals surface area contributed by atoms with E-state index in [0.29, 0.717) is 6.54 Å². The molecule has 0 N–H and O–H groups in total. The Bertz CT molecular complexity index is 914. The fourth-order valence-electron chi connectivity index (χ4n) is 5.01. The Kier molecular flexibility index (Phi) is 7.35. The highest BCUT2D eigenvalue weighted by Gasteiger charge is 2.29. The summed E-state index contributed by atoms with van der Waals surface area (Å²) in [7, 11) is 0. The molecule has 1 fully saturated rings. The van der Waals surface area contributed by atoms with E-state index in [9.17, 15) is 4.79 Å². The zero-order valence-corrected chi connectivity index (χ0v) is 19.8. The van der Waals surface area contributed by atoms with Gasteiger partial charge in [0, 0.05) is 49.6 Å². The fourth-order valence-corrected chi connectivity index (χ4v) is 5.01. The number of aryl methyl sites for hydroxylation is 1. The number of nitrogens with zero attached hydrogens (tertiary/aromatic N) is 6. The molecule has 7 heteroatoms. The van der Waals surface area contributed by atoms with Crippen LogP contribution in [0.15, 0.2) is 24.4 Å². The van der Waals surface area contributed by atoms with Gasteiger partial charge in [0.15, 0.2) is 0 Å². The van der Waals surface area contributed by atoms with Crippen LogP contribution in [0.25, 0.3) is 0 Å². The molecule has 32 heavy (non-hydrogen) atoms. The number of carbonyl (C=O) groups is 1. The van der Waals surface area contributed by atoms with Gasteiger partial charge in [-0.05, 0) is 65.1 Å². The van der Waals surface area contributed by atoms with Crippen molar-refractivity contribution in [3.8, 4) is 0 Å². The van der Waals surface area contributed by atoms with E-state index in [-0.39, 0.29) is 11.8 Å². The van der Waals surface area contributed by atoms with Crippen LogP contribution < -0.4 is 4.90 Å². The standard InChI is InChI=1S/C25H36N6O/c1-4-30(5-2)23(32)18-29-14-8-10-20(16-29)24-27-19(3)22-12-9-15-31(25(22)28-24)17-21-11-6-7-13-26-21/h6-7,11,13,20H,4-5,8-10,12,14-18H2,1-3H3/t20-/m1/s1. The minimum absolute atomic E-state index is 0.222. The van der Waals surface area contributed by atoms with Crippen LogP contribution in [-0.4, -0.2) is 69.9 Å². The third kappa shape index (κ3) is 5.09. The zero-order chi connectivity index (χ0) is 22.5. The normalized spacial score (nSPS) is 19.0. The highest BCUT2D eigenvalue weighted by molar-refractivity contribution is 5.78. The molecule has 0 saturated carbocycles. The van der Waals surface area contributed by atoms with E-state index >= 15 is 0 Å². The van der Waals surface area contributed by atoms with Gasteiger partial charge in [-0.25, -0.2) is 9.97 Å². The predicted octanol–water partition coefficient (Wildman–Crippen LogP) is 3.18. The van der Waals surface area contributed by atoms with E-state index in [2.05, 4.69) is 27.8 Å². The first-order valence-electron chi connectivity index (χ1n) is 12.1. The topological polar surface area (TPSA) is 65.5 Å². The van der Waals surface area contributed by atoms with E-state index in [4.69, 9.17) is 9.97 Å². The van der Waals surface area contributed by atoms with Crippen molar-refractivity contribution in [1.29, 1.82) is 0 Å². The van der Waals surface area contributed by atoms with Crippen molar-refractivity contribution in [2.24, 2.45) is 0 Å². The zero-order valence-electron chi connectivity index (χ0n) is 19.8. The van der Waals surface area contributed by atoms with E-state index in [1.807, 2.05) is 37.1 Å². The number of carbonyl (C=O) groups excluding carboxylic acids is 1. The molecule has 4 rings (SSSR count). The molecule has 0 spiro atoms. The van der Waals surface area contributed by atoms with Gasteiger partial charge in [0.2, 0.25) is 5.91 Å². The van der Waals surface area contributed by atoms with Crippen LogP contribution in [0.4, 0.5) is 5.82 Å². The summed E-state index contributed by atoms with van der Waals surface area (Å²) in [6.45, 7) is 11.8. The second-order valence-corrected chi connectivity index (χ2v) is 8.96. The summed E-state index contributed by atoms with van der Waals surface area (Å²) >= 11 is 0. The number of likely N-dealkylation sites (tertiary alicyclic amines) is 1. The third-order valence-electron chi connectivity index (χ3n) is 6.79. The average molecular weight is 437 g/mol. The lowest BCUT2D eigenvalue weighted by molar-refractivity contribution is -0.132. The van der Waals surface area contributed by atoms with E-state index in [0.717, 1.165) is 88.0 Å². The van der Waals surface area contributed by atoms with Gasteiger partial charge in [0.05, 0.1) is 18.8 Å². The van der Waals surface area contributed by atoms with Crippen molar-refractivity contribution < 1.29 is 4.79 Å². The SMILES string of the molecule is CCN(CC)C(=O)CN1CCC[C@@H](c2nc(C)c3c(n2)N(Cc2ccccn2)CCC3)C1. The number of piperidine rings is 1. The predicted molar refractivity (Wildman–Crippen MR) is 127 cm³/mol. The van der Waals surface area contributed by atoms with Gasteiger partial charge < -0.3 is 9.80 Å². The molecule has 4 heterocycles. The number of aromatic nitrogens is 3. The first-order chi connectivity index (χ1) is 15.6. The van der Waals surface area contributed by atoms with E-state index in [1.54, 1.807) is 0 Å². The highest BCUT2D eigenvalue weighted by Crippen LogP contribution is 2.32. The maximum absolute atomic E-state index is 12.6. The summed E-state index contributed by atoms with van der Waals surface area (Å²) in [5.74, 6) is 2.52. The molecule has 1 saturated heterocycles. The van der Waals surface area contributed by atoms with Crippen LogP contribution >= 0.6 is 0 Å². The second kappa shape index (κ2) is 10.4. The number of anilines is 1. The largest absolute Gasteiger partial charge is 0.350 e. The van der Waals surface area contributed by atoms with Crippen LogP contribution in [0.5, 0.6) is 0 Å². The summed E-state index contributed by atoms with van der Waals surface area (Å²) in [4.78, 5) is 33.8. The second-order valence-electron chi connectivity index (χ2n) is 8.96. The molecule has 2 aliphatic heterocycles. The lowest BCUT2D eigenvalue weighted by Crippen LogP contribution is -2.44. The highest BCUT2D eigenvalue weighted by atomic mass is 16.2. The molecule has 2 aliphatic rings. The summed E-state index contributed by atoms with van der Waals surface area (Å²) in [6, 6.07) is 6.08. The van der Waals surface area contributed by atoms with Crippen molar-refractivity contribution >= 4 is 11.7 Å². The van der Waals surface area contributed by atoms with E-state index in [1.165, 1.54) is 5.56 Å². The van der Waals surface area contributed by atoms with Crippen molar-refractivity contribution in [3.05, 3.63) is 47.2 Å². The number of likely N-dealkylation sites (N-methyl/N-ethyl adjacent to an activating group) is 1. The molecule has 1 amide bonds. The molecule has 2 aromatic heterocycles.